The highest BCUT2D eigenvalue weighted by Crippen LogP contribution is 2.25. The van der Waals surface area contributed by atoms with Crippen molar-refractivity contribution >= 4 is 24.2 Å². The predicted molar refractivity (Wildman–Crippen MR) is 76.7 cm³/mol. The van der Waals surface area contributed by atoms with Crippen molar-refractivity contribution in [3.63, 3.8) is 0 Å². The van der Waals surface area contributed by atoms with Crippen LogP contribution in [-0.2, 0) is 6.61 Å². The van der Waals surface area contributed by atoms with Crippen LogP contribution in [0.4, 0.5) is 4.39 Å². The first-order valence-electron chi connectivity index (χ1n) is 6.00. The van der Waals surface area contributed by atoms with Crippen LogP contribution in [0, 0.1) is 12.7 Å². The third kappa shape index (κ3) is 3.73. The number of benzene rings is 2. The van der Waals surface area contributed by atoms with Crippen LogP contribution in [-0.4, -0.2) is 17.2 Å². The Hall–Kier alpha value is -1.56. The Morgan fingerprint density at radius 2 is 1.95 bits per heavy atom. The zero-order chi connectivity index (χ0) is 14.7. The van der Waals surface area contributed by atoms with Crippen molar-refractivity contribution in [3.05, 3.63) is 58.4 Å². The second-order valence-electron chi connectivity index (χ2n) is 4.49. The summed E-state index contributed by atoms with van der Waals surface area (Å²) in [5.74, 6) is -0.0585. The Kier molecular flexibility index (Phi) is 4.65. The van der Waals surface area contributed by atoms with E-state index in [2.05, 4.69) is 0 Å². The SMILES string of the molecule is Cc1ccc(OCc2cc(F)cc(B(O)O)c2)c(Cl)c1. The van der Waals surface area contributed by atoms with Gasteiger partial charge in [-0.25, -0.2) is 4.39 Å². The maximum Gasteiger partial charge on any atom is 0.488 e. The Balaban J connectivity index is 2.14. The monoisotopic (exact) mass is 294 g/mol. The molecule has 6 heteroatoms. The van der Waals surface area contributed by atoms with Gasteiger partial charge in [0.05, 0.1) is 5.02 Å². The molecule has 0 fully saturated rings. The summed E-state index contributed by atoms with van der Waals surface area (Å²) in [4.78, 5) is 0. The summed E-state index contributed by atoms with van der Waals surface area (Å²) in [6.45, 7) is 2.00. The lowest BCUT2D eigenvalue weighted by Gasteiger charge is -2.10. The minimum absolute atomic E-state index is 0.0820. The smallest absolute Gasteiger partial charge is 0.487 e. The molecule has 20 heavy (non-hydrogen) atoms. The number of halogens is 2. The van der Waals surface area contributed by atoms with E-state index in [1.54, 1.807) is 12.1 Å². The summed E-state index contributed by atoms with van der Waals surface area (Å²) < 4.78 is 18.8. The summed E-state index contributed by atoms with van der Waals surface area (Å²) in [5, 5.41) is 18.6. The molecule has 2 aromatic carbocycles. The Morgan fingerprint density at radius 1 is 1.20 bits per heavy atom. The number of hydrogen-bond acceptors (Lipinski definition) is 3. The highest BCUT2D eigenvalue weighted by Gasteiger charge is 2.13. The fourth-order valence-corrected chi connectivity index (χ4v) is 2.08. The lowest BCUT2D eigenvalue weighted by Crippen LogP contribution is -2.30. The summed E-state index contributed by atoms with van der Waals surface area (Å²) in [7, 11) is -1.72. The highest BCUT2D eigenvalue weighted by molar-refractivity contribution is 6.58. The first-order valence-corrected chi connectivity index (χ1v) is 6.38. The van der Waals surface area contributed by atoms with Crippen LogP contribution in [0.25, 0.3) is 0 Å². The molecule has 104 valence electrons. The normalized spacial score (nSPS) is 10.4. The molecule has 0 aliphatic heterocycles. The first-order chi connectivity index (χ1) is 9.45. The molecule has 0 saturated carbocycles. The van der Waals surface area contributed by atoms with Gasteiger partial charge in [0.25, 0.3) is 0 Å². The lowest BCUT2D eigenvalue weighted by atomic mass is 9.79. The van der Waals surface area contributed by atoms with Crippen molar-refractivity contribution in [3.8, 4) is 5.75 Å². The molecule has 0 aliphatic rings. The van der Waals surface area contributed by atoms with E-state index in [4.69, 9.17) is 26.4 Å². The van der Waals surface area contributed by atoms with Crippen LogP contribution in [0.1, 0.15) is 11.1 Å². The van der Waals surface area contributed by atoms with E-state index in [1.807, 2.05) is 13.0 Å². The van der Waals surface area contributed by atoms with Gasteiger partial charge >= 0.3 is 7.12 Å². The van der Waals surface area contributed by atoms with Gasteiger partial charge in [-0.2, -0.15) is 0 Å². The summed E-state index contributed by atoms with van der Waals surface area (Å²) in [6.07, 6.45) is 0. The standard InChI is InChI=1S/C14H13BClFO3/c1-9-2-3-14(13(16)4-9)20-8-10-5-11(15(18)19)7-12(17)6-10/h2-7,18-19H,8H2,1H3. The van der Waals surface area contributed by atoms with Gasteiger partial charge in [0.1, 0.15) is 18.2 Å². The molecular formula is C14H13BClFO3. The Morgan fingerprint density at radius 3 is 2.60 bits per heavy atom. The molecule has 3 nitrogen and oxygen atoms in total. The fourth-order valence-electron chi connectivity index (χ4n) is 1.79. The quantitative estimate of drug-likeness (QED) is 0.849. The average Bonchev–Trinajstić information content (AvgIpc) is 2.37. The van der Waals surface area contributed by atoms with Crippen molar-refractivity contribution in [2.24, 2.45) is 0 Å². The number of ether oxygens (including phenoxy) is 1. The van der Waals surface area contributed by atoms with Gasteiger partial charge in [-0.1, -0.05) is 23.7 Å². The highest BCUT2D eigenvalue weighted by atomic mass is 35.5. The minimum Gasteiger partial charge on any atom is -0.487 e. The summed E-state index contributed by atoms with van der Waals surface area (Å²) >= 11 is 6.03. The Labute approximate surface area is 121 Å². The summed E-state index contributed by atoms with van der Waals surface area (Å²) in [5.41, 5.74) is 1.59. The van der Waals surface area contributed by atoms with Crippen LogP contribution in [0.15, 0.2) is 36.4 Å². The van der Waals surface area contributed by atoms with Crippen LogP contribution >= 0.6 is 11.6 Å². The molecule has 2 N–H and O–H groups in total. The van der Waals surface area contributed by atoms with Crippen molar-refractivity contribution in [1.29, 1.82) is 0 Å². The van der Waals surface area contributed by atoms with E-state index in [-0.39, 0.29) is 12.1 Å². The molecule has 0 aliphatic carbocycles. The number of rotatable bonds is 4. The topological polar surface area (TPSA) is 49.7 Å². The van der Waals surface area contributed by atoms with E-state index in [1.165, 1.54) is 12.1 Å². The van der Waals surface area contributed by atoms with Crippen LogP contribution in [0.5, 0.6) is 5.75 Å². The van der Waals surface area contributed by atoms with Crippen molar-refractivity contribution in [2.45, 2.75) is 13.5 Å². The van der Waals surface area contributed by atoms with E-state index in [9.17, 15) is 4.39 Å². The number of aryl methyl sites for hydroxylation is 1. The van der Waals surface area contributed by atoms with Gasteiger partial charge in [-0.3, -0.25) is 0 Å². The molecule has 2 aromatic rings. The minimum atomic E-state index is -1.72. The van der Waals surface area contributed by atoms with Gasteiger partial charge in [0, 0.05) is 0 Å². The third-order valence-corrected chi connectivity index (χ3v) is 3.06. The second-order valence-corrected chi connectivity index (χ2v) is 4.90. The zero-order valence-electron chi connectivity index (χ0n) is 10.8. The molecule has 0 saturated heterocycles. The van der Waals surface area contributed by atoms with E-state index < -0.39 is 12.9 Å². The van der Waals surface area contributed by atoms with Crippen LogP contribution in [0.2, 0.25) is 5.02 Å². The van der Waals surface area contributed by atoms with Gasteiger partial charge in [-0.05, 0) is 47.8 Å². The van der Waals surface area contributed by atoms with Gasteiger partial charge in [0.15, 0.2) is 0 Å². The molecule has 0 atom stereocenters. The third-order valence-electron chi connectivity index (χ3n) is 2.76. The average molecular weight is 295 g/mol. The molecule has 0 amide bonds. The molecule has 0 radical (unpaired) electrons. The molecule has 0 heterocycles. The molecule has 2 rings (SSSR count). The van der Waals surface area contributed by atoms with E-state index in [0.29, 0.717) is 16.3 Å². The maximum atomic E-state index is 13.3. The molecular weight excluding hydrogens is 281 g/mol. The Bertz CT molecular complexity index is 619. The molecule has 0 aromatic heterocycles. The van der Waals surface area contributed by atoms with E-state index >= 15 is 0 Å². The van der Waals surface area contributed by atoms with Crippen molar-refractivity contribution in [1.82, 2.24) is 0 Å². The lowest BCUT2D eigenvalue weighted by molar-refractivity contribution is 0.306. The zero-order valence-corrected chi connectivity index (χ0v) is 11.6. The molecule has 0 spiro atoms. The van der Waals surface area contributed by atoms with Gasteiger partial charge in [0.2, 0.25) is 0 Å². The van der Waals surface area contributed by atoms with Crippen LogP contribution < -0.4 is 10.2 Å². The maximum absolute atomic E-state index is 13.3. The molecule has 0 bridgehead atoms. The fraction of sp³-hybridized carbons (Fsp3) is 0.143. The van der Waals surface area contributed by atoms with Gasteiger partial charge < -0.3 is 14.8 Å². The largest absolute Gasteiger partial charge is 0.488 e. The molecule has 0 unspecified atom stereocenters. The van der Waals surface area contributed by atoms with Gasteiger partial charge in [-0.15, -0.1) is 0 Å². The number of hydrogen-bond donors (Lipinski definition) is 2. The van der Waals surface area contributed by atoms with Crippen molar-refractivity contribution in [2.75, 3.05) is 0 Å². The van der Waals surface area contributed by atoms with E-state index in [0.717, 1.165) is 11.6 Å². The van der Waals surface area contributed by atoms with Crippen LogP contribution in [0.3, 0.4) is 0 Å². The van der Waals surface area contributed by atoms with Crippen molar-refractivity contribution < 1.29 is 19.2 Å². The second kappa shape index (κ2) is 6.26. The first kappa shape index (κ1) is 14.8. The summed E-state index contributed by atoms with van der Waals surface area (Å²) in [6, 6.07) is 9.16. The predicted octanol–water partition coefficient (Wildman–Crippen LogP) is 2.05.